The van der Waals surface area contributed by atoms with E-state index in [4.69, 9.17) is 4.98 Å². The molecule has 4 heterocycles. The maximum absolute atomic E-state index is 12.3. The SMILES string of the molecule is CCn1ncc(CN2CCCC(c3cc(=O)[nH]c(N4CCCCC4)n3)C2)c1C. The van der Waals surface area contributed by atoms with Gasteiger partial charge in [-0.15, -0.1) is 0 Å². The van der Waals surface area contributed by atoms with Crippen LogP contribution in [0.3, 0.4) is 0 Å². The minimum atomic E-state index is -0.0252. The van der Waals surface area contributed by atoms with Gasteiger partial charge in [0.2, 0.25) is 5.95 Å². The van der Waals surface area contributed by atoms with E-state index in [1.807, 2.05) is 6.20 Å². The molecule has 0 amide bonds. The standard InChI is InChI=1S/C21H32N6O/c1-3-27-16(2)18(13-22-27)15-25-9-7-8-17(14-25)19-12-20(28)24-21(23-19)26-10-5-4-6-11-26/h12-13,17H,3-11,14-15H2,1-2H3,(H,23,24,28). The number of nitrogens with zero attached hydrogens (tertiary/aromatic N) is 5. The van der Waals surface area contributed by atoms with Crippen LogP contribution in [0.15, 0.2) is 17.1 Å². The van der Waals surface area contributed by atoms with Gasteiger partial charge in [0.15, 0.2) is 0 Å². The van der Waals surface area contributed by atoms with Gasteiger partial charge in [-0.2, -0.15) is 5.10 Å². The molecule has 7 heteroatoms. The Kier molecular flexibility index (Phi) is 5.80. The van der Waals surface area contributed by atoms with E-state index in [-0.39, 0.29) is 5.56 Å². The maximum atomic E-state index is 12.3. The van der Waals surface area contributed by atoms with Gasteiger partial charge >= 0.3 is 0 Å². The van der Waals surface area contributed by atoms with Crippen LogP contribution in [0.4, 0.5) is 5.95 Å². The molecule has 2 fully saturated rings. The molecule has 2 aliphatic rings. The number of aromatic nitrogens is 4. The summed E-state index contributed by atoms with van der Waals surface area (Å²) in [7, 11) is 0. The van der Waals surface area contributed by atoms with E-state index in [1.54, 1.807) is 6.07 Å². The quantitative estimate of drug-likeness (QED) is 0.858. The highest BCUT2D eigenvalue weighted by molar-refractivity contribution is 5.31. The van der Waals surface area contributed by atoms with Crippen molar-refractivity contribution in [3.63, 3.8) is 0 Å². The zero-order valence-electron chi connectivity index (χ0n) is 17.2. The van der Waals surface area contributed by atoms with Crippen LogP contribution in [0.1, 0.15) is 61.9 Å². The van der Waals surface area contributed by atoms with Crippen molar-refractivity contribution in [3.05, 3.63) is 39.6 Å². The van der Waals surface area contributed by atoms with Gasteiger partial charge in [0.25, 0.3) is 5.56 Å². The number of anilines is 1. The molecule has 0 bridgehead atoms. The number of H-pyrrole nitrogens is 1. The van der Waals surface area contributed by atoms with E-state index in [0.717, 1.165) is 63.8 Å². The Morgan fingerprint density at radius 3 is 2.75 bits per heavy atom. The smallest absolute Gasteiger partial charge is 0.252 e. The lowest BCUT2D eigenvalue weighted by molar-refractivity contribution is 0.198. The van der Waals surface area contributed by atoms with Crippen LogP contribution >= 0.6 is 0 Å². The Morgan fingerprint density at radius 2 is 2.00 bits per heavy atom. The number of hydrogen-bond acceptors (Lipinski definition) is 5. The van der Waals surface area contributed by atoms with Crippen molar-refractivity contribution in [1.82, 2.24) is 24.6 Å². The highest BCUT2D eigenvalue weighted by Gasteiger charge is 2.25. The van der Waals surface area contributed by atoms with Crippen molar-refractivity contribution in [2.75, 3.05) is 31.1 Å². The second-order valence-electron chi connectivity index (χ2n) is 8.19. The molecule has 0 radical (unpaired) electrons. The van der Waals surface area contributed by atoms with Crippen LogP contribution in [0.5, 0.6) is 0 Å². The third-order valence-electron chi connectivity index (χ3n) is 6.23. The summed E-state index contributed by atoms with van der Waals surface area (Å²) in [5, 5.41) is 4.48. The fourth-order valence-corrected chi connectivity index (χ4v) is 4.57. The molecule has 2 saturated heterocycles. The Hall–Kier alpha value is -2.15. The third kappa shape index (κ3) is 4.14. The molecule has 2 aliphatic heterocycles. The largest absolute Gasteiger partial charge is 0.342 e. The number of nitrogens with one attached hydrogen (secondary N) is 1. The molecule has 0 spiro atoms. The number of hydrogen-bond donors (Lipinski definition) is 1. The van der Waals surface area contributed by atoms with E-state index in [9.17, 15) is 4.79 Å². The van der Waals surface area contributed by atoms with Crippen LogP contribution in [0.2, 0.25) is 0 Å². The van der Waals surface area contributed by atoms with Crippen molar-refractivity contribution < 1.29 is 0 Å². The molecule has 1 unspecified atom stereocenters. The van der Waals surface area contributed by atoms with Gasteiger partial charge in [-0.1, -0.05) is 0 Å². The number of piperidine rings is 2. The van der Waals surface area contributed by atoms with Gasteiger partial charge in [0, 0.05) is 56.0 Å². The molecule has 152 valence electrons. The van der Waals surface area contributed by atoms with E-state index in [2.05, 4.69) is 38.4 Å². The van der Waals surface area contributed by atoms with Crippen molar-refractivity contribution >= 4 is 5.95 Å². The lowest BCUT2D eigenvalue weighted by atomic mass is 9.94. The zero-order chi connectivity index (χ0) is 19.5. The van der Waals surface area contributed by atoms with Gasteiger partial charge in [0.05, 0.1) is 11.9 Å². The summed E-state index contributed by atoms with van der Waals surface area (Å²) in [5.74, 6) is 1.08. The molecule has 0 aliphatic carbocycles. The average molecular weight is 385 g/mol. The van der Waals surface area contributed by atoms with Crippen molar-refractivity contribution in [2.24, 2.45) is 0 Å². The van der Waals surface area contributed by atoms with Gasteiger partial charge in [-0.05, 0) is 52.5 Å². The summed E-state index contributed by atoms with van der Waals surface area (Å²) in [4.78, 5) is 24.9. The highest BCUT2D eigenvalue weighted by atomic mass is 16.1. The van der Waals surface area contributed by atoms with E-state index in [1.165, 1.54) is 30.5 Å². The Morgan fingerprint density at radius 1 is 1.18 bits per heavy atom. The monoisotopic (exact) mass is 384 g/mol. The fourth-order valence-electron chi connectivity index (χ4n) is 4.57. The molecule has 4 rings (SSSR count). The first kappa shape index (κ1) is 19.2. The van der Waals surface area contributed by atoms with E-state index >= 15 is 0 Å². The zero-order valence-corrected chi connectivity index (χ0v) is 17.2. The minimum absolute atomic E-state index is 0.0252. The predicted octanol–water partition coefficient (Wildman–Crippen LogP) is 2.66. The Bertz CT molecular complexity index is 851. The molecular weight excluding hydrogens is 352 g/mol. The third-order valence-corrected chi connectivity index (χ3v) is 6.23. The van der Waals surface area contributed by atoms with Gasteiger partial charge < -0.3 is 4.90 Å². The summed E-state index contributed by atoms with van der Waals surface area (Å²) in [5.41, 5.74) is 3.49. The molecule has 0 aromatic carbocycles. The summed E-state index contributed by atoms with van der Waals surface area (Å²) in [6, 6.07) is 1.71. The van der Waals surface area contributed by atoms with Crippen LogP contribution in [-0.4, -0.2) is 50.8 Å². The second kappa shape index (κ2) is 8.47. The highest BCUT2D eigenvalue weighted by Crippen LogP contribution is 2.27. The lowest BCUT2D eigenvalue weighted by Gasteiger charge is -2.33. The normalized spacial score (nSPS) is 21.2. The Balaban J connectivity index is 1.48. The molecule has 1 atom stereocenters. The molecule has 2 aromatic heterocycles. The van der Waals surface area contributed by atoms with Crippen molar-refractivity contribution in [3.8, 4) is 0 Å². The van der Waals surface area contributed by atoms with Crippen molar-refractivity contribution in [1.29, 1.82) is 0 Å². The Labute approximate surface area is 166 Å². The summed E-state index contributed by atoms with van der Waals surface area (Å²) in [6.45, 7) is 10.1. The van der Waals surface area contributed by atoms with E-state index in [0.29, 0.717) is 5.92 Å². The van der Waals surface area contributed by atoms with Crippen LogP contribution in [0, 0.1) is 6.92 Å². The number of aromatic amines is 1. The first-order chi connectivity index (χ1) is 13.6. The molecule has 1 N–H and O–H groups in total. The maximum Gasteiger partial charge on any atom is 0.252 e. The van der Waals surface area contributed by atoms with Gasteiger partial charge in [-0.25, -0.2) is 4.98 Å². The molecule has 2 aromatic rings. The average Bonchev–Trinajstić information content (AvgIpc) is 3.08. The molecule has 7 nitrogen and oxygen atoms in total. The van der Waals surface area contributed by atoms with Crippen LogP contribution in [0.25, 0.3) is 0 Å². The van der Waals surface area contributed by atoms with Gasteiger partial charge in [-0.3, -0.25) is 19.4 Å². The van der Waals surface area contributed by atoms with Crippen molar-refractivity contribution in [2.45, 2.75) is 65.0 Å². The topological polar surface area (TPSA) is 70.1 Å². The summed E-state index contributed by atoms with van der Waals surface area (Å²) >= 11 is 0. The first-order valence-corrected chi connectivity index (χ1v) is 10.7. The molecular formula is C21H32N6O. The predicted molar refractivity (Wildman–Crippen MR) is 111 cm³/mol. The van der Waals surface area contributed by atoms with Gasteiger partial charge in [0.1, 0.15) is 0 Å². The summed E-state index contributed by atoms with van der Waals surface area (Å²) < 4.78 is 2.06. The second-order valence-corrected chi connectivity index (χ2v) is 8.19. The minimum Gasteiger partial charge on any atom is -0.342 e. The van der Waals surface area contributed by atoms with E-state index < -0.39 is 0 Å². The summed E-state index contributed by atoms with van der Waals surface area (Å²) in [6.07, 6.45) is 7.86. The van der Waals surface area contributed by atoms with Crippen LogP contribution in [-0.2, 0) is 13.1 Å². The first-order valence-electron chi connectivity index (χ1n) is 10.7. The molecule has 0 saturated carbocycles. The fraction of sp³-hybridized carbons (Fsp3) is 0.667. The molecule has 28 heavy (non-hydrogen) atoms. The number of aryl methyl sites for hydroxylation is 1. The lowest BCUT2D eigenvalue weighted by Crippen LogP contribution is -2.36. The number of likely N-dealkylation sites (tertiary alicyclic amines) is 1. The van der Waals surface area contributed by atoms with Crippen LogP contribution < -0.4 is 10.5 Å². The number of rotatable bonds is 5.